The van der Waals surface area contributed by atoms with Crippen LogP contribution >= 0.6 is 0 Å². The first-order chi connectivity index (χ1) is 13.9. The van der Waals surface area contributed by atoms with Gasteiger partial charge in [0, 0.05) is 25.2 Å². The van der Waals surface area contributed by atoms with Crippen molar-refractivity contribution in [3.63, 3.8) is 0 Å². The molecule has 2 aromatic carbocycles. The van der Waals surface area contributed by atoms with Gasteiger partial charge in [0.05, 0.1) is 23.2 Å². The van der Waals surface area contributed by atoms with Crippen molar-refractivity contribution in [3.05, 3.63) is 69.3 Å². The largest absolute Gasteiger partial charge is 0.496 e. The molecule has 0 spiro atoms. The molecule has 29 heavy (non-hydrogen) atoms. The summed E-state index contributed by atoms with van der Waals surface area (Å²) in [5.41, 5.74) is 1.13. The minimum atomic E-state index is -0.939. The molecule has 8 nitrogen and oxygen atoms in total. The Bertz CT molecular complexity index is 935. The number of nitrogens with zero attached hydrogens (tertiary/aromatic N) is 2. The zero-order valence-electron chi connectivity index (χ0n) is 16.0. The van der Waals surface area contributed by atoms with Gasteiger partial charge in [-0.15, -0.1) is 0 Å². The van der Waals surface area contributed by atoms with E-state index in [0.717, 1.165) is 18.4 Å². The topological polar surface area (TPSA) is 110 Å². The van der Waals surface area contributed by atoms with Crippen molar-refractivity contribution in [1.29, 1.82) is 0 Å². The second kappa shape index (κ2) is 8.72. The number of nitro groups is 1. The average Bonchev–Trinajstić information content (AvgIpc) is 2.73. The fraction of sp³-hybridized carbons (Fsp3) is 0.333. The lowest BCUT2D eigenvalue weighted by molar-refractivity contribution is -0.384. The lowest BCUT2D eigenvalue weighted by Crippen LogP contribution is -2.39. The zero-order valence-corrected chi connectivity index (χ0v) is 16.0. The highest BCUT2D eigenvalue weighted by molar-refractivity contribution is 5.97. The van der Waals surface area contributed by atoms with Crippen LogP contribution in [0, 0.1) is 16.0 Å². The number of carboxylic acids is 1. The summed E-state index contributed by atoms with van der Waals surface area (Å²) < 4.78 is 5.20. The Hall–Kier alpha value is -3.42. The summed E-state index contributed by atoms with van der Waals surface area (Å²) in [4.78, 5) is 36.5. The number of piperidine rings is 1. The number of carbonyl (C=O) groups is 2. The van der Waals surface area contributed by atoms with Crippen LogP contribution in [-0.2, 0) is 6.42 Å². The van der Waals surface area contributed by atoms with Gasteiger partial charge in [0.15, 0.2) is 0 Å². The fourth-order valence-electron chi connectivity index (χ4n) is 3.71. The van der Waals surface area contributed by atoms with Crippen LogP contribution in [0.25, 0.3) is 0 Å². The first-order valence-corrected chi connectivity index (χ1v) is 9.33. The summed E-state index contributed by atoms with van der Waals surface area (Å²) in [5.74, 6) is -0.661. The van der Waals surface area contributed by atoms with Gasteiger partial charge in [-0.05, 0) is 42.9 Å². The molecule has 0 unspecified atom stereocenters. The molecule has 1 saturated heterocycles. The van der Waals surface area contributed by atoms with E-state index in [4.69, 9.17) is 4.74 Å². The number of hydrogen-bond donors (Lipinski definition) is 1. The Morgan fingerprint density at radius 1 is 1.17 bits per heavy atom. The van der Waals surface area contributed by atoms with Gasteiger partial charge in [0.1, 0.15) is 5.75 Å². The molecule has 1 N–H and O–H groups in total. The first-order valence-electron chi connectivity index (χ1n) is 9.33. The van der Waals surface area contributed by atoms with Crippen molar-refractivity contribution < 1.29 is 24.4 Å². The number of nitro benzene ring substituents is 1. The van der Waals surface area contributed by atoms with Crippen LogP contribution in [0.3, 0.4) is 0 Å². The minimum Gasteiger partial charge on any atom is -0.496 e. The zero-order chi connectivity index (χ0) is 21.0. The van der Waals surface area contributed by atoms with E-state index in [-0.39, 0.29) is 23.1 Å². The Morgan fingerprint density at radius 2 is 1.86 bits per heavy atom. The number of ether oxygens (including phenoxy) is 1. The van der Waals surface area contributed by atoms with Crippen LogP contribution in [0.1, 0.15) is 39.1 Å². The van der Waals surface area contributed by atoms with E-state index >= 15 is 0 Å². The average molecular weight is 398 g/mol. The molecule has 1 heterocycles. The summed E-state index contributed by atoms with van der Waals surface area (Å²) in [5, 5.41) is 20.4. The monoisotopic (exact) mass is 398 g/mol. The summed E-state index contributed by atoms with van der Waals surface area (Å²) >= 11 is 0. The molecule has 0 aliphatic carbocycles. The fourth-order valence-corrected chi connectivity index (χ4v) is 3.71. The standard InChI is InChI=1S/C21H22N2O6/c1-29-19-7-6-16(23(27)28)13-18(19)20(24)22-10-8-14(9-11-22)12-15-4-2-3-5-17(15)21(25)26/h2-7,13-14H,8-12H2,1H3,(H,25,26). The highest BCUT2D eigenvalue weighted by Gasteiger charge is 2.27. The molecule has 1 fully saturated rings. The van der Waals surface area contributed by atoms with Crippen LogP contribution in [0.15, 0.2) is 42.5 Å². The number of rotatable bonds is 6. The van der Waals surface area contributed by atoms with Gasteiger partial charge in [-0.1, -0.05) is 18.2 Å². The van der Waals surface area contributed by atoms with Gasteiger partial charge < -0.3 is 14.7 Å². The minimum absolute atomic E-state index is 0.158. The van der Waals surface area contributed by atoms with Crippen LogP contribution in [0.4, 0.5) is 5.69 Å². The van der Waals surface area contributed by atoms with Crippen LogP contribution < -0.4 is 4.74 Å². The normalized spacial score (nSPS) is 14.4. The summed E-state index contributed by atoms with van der Waals surface area (Å²) in [6.07, 6.45) is 2.11. The van der Waals surface area contributed by atoms with Crippen LogP contribution in [0.5, 0.6) is 5.75 Å². The number of benzene rings is 2. The summed E-state index contributed by atoms with van der Waals surface area (Å²) in [6.45, 7) is 1.01. The second-order valence-electron chi connectivity index (χ2n) is 7.04. The van der Waals surface area contributed by atoms with Gasteiger partial charge in [0.25, 0.3) is 11.6 Å². The van der Waals surface area contributed by atoms with Crippen molar-refractivity contribution in [3.8, 4) is 5.75 Å². The molecular weight excluding hydrogens is 376 g/mol. The molecule has 0 saturated carbocycles. The highest BCUT2D eigenvalue weighted by atomic mass is 16.6. The van der Waals surface area contributed by atoms with Gasteiger partial charge in [0.2, 0.25) is 0 Å². The Kier molecular flexibility index (Phi) is 6.11. The predicted octanol–water partition coefficient (Wildman–Crippen LogP) is 3.40. The van der Waals surface area contributed by atoms with Gasteiger partial charge in [-0.25, -0.2) is 4.79 Å². The molecule has 0 atom stereocenters. The molecule has 8 heteroatoms. The molecule has 1 aliphatic rings. The molecular formula is C21H22N2O6. The van der Waals surface area contributed by atoms with Gasteiger partial charge in [-0.3, -0.25) is 14.9 Å². The van der Waals surface area contributed by atoms with Crippen molar-refractivity contribution >= 4 is 17.6 Å². The lowest BCUT2D eigenvalue weighted by atomic mass is 9.88. The molecule has 2 aromatic rings. The molecule has 3 rings (SSSR count). The molecule has 1 aliphatic heterocycles. The van der Waals surface area contributed by atoms with Crippen molar-refractivity contribution in [2.45, 2.75) is 19.3 Å². The Morgan fingerprint density at radius 3 is 2.48 bits per heavy atom. The third-order valence-electron chi connectivity index (χ3n) is 5.28. The molecule has 0 radical (unpaired) electrons. The van der Waals surface area contributed by atoms with Crippen molar-refractivity contribution in [1.82, 2.24) is 4.90 Å². The number of carboxylic acid groups (broad SMARTS) is 1. The van der Waals surface area contributed by atoms with E-state index in [1.165, 1.54) is 25.3 Å². The number of carbonyl (C=O) groups excluding carboxylic acids is 1. The smallest absolute Gasteiger partial charge is 0.335 e. The van der Waals surface area contributed by atoms with E-state index in [0.29, 0.717) is 30.8 Å². The van der Waals surface area contributed by atoms with Gasteiger partial charge >= 0.3 is 5.97 Å². The maximum absolute atomic E-state index is 12.9. The van der Waals surface area contributed by atoms with Crippen LogP contribution in [-0.4, -0.2) is 47.0 Å². The van der Waals surface area contributed by atoms with Crippen molar-refractivity contribution in [2.24, 2.45) is 5.92 Å². The Balaban J connectivity index is 1.68. The number of methoxy groups -OCH3 is 1. The summed E-state index contributed by atoms with van der Waals surface area (Å²) in [7, 11) is 1.42. The van der Waals surface area contributed by atoms with E-state index in [1.807, 2.05) is 12.1 Å². The Labute approximate surface area is 167 Å². The lowest BCUT2D eigenvalue weighted by Gasteiger charge is -2.32. The molecule has 0 bridgehead atoms. The van der Waals surface area contributed by atoms with E-state index in [2.05, 4.69) is 0 Å². The second-order valence-corrected chi connectivity index (χ2v) is 7.04. The highest BCUT2D eigenvalue weighted by Crippen LogP contribution is 2.28. The third-order valence-corrected chi connectivity index (χ3v) is 5.28. The SMILES string of the molecule is COc1ccc([N+](=O)[O-])cc1C(=O)N1CCC(Cc2ccccc2C(=O)O)CC1. The van der Waals surface area contributed by atoms with Gasteiger partial charge in [-0.2, -0.15) is 0 Å². The molecule has 152 valence electrons. The number of likely N-dealkylation sites (tertiary alicyclic amines) is 1. The quantitative estimate of drug-likeness (QED) is 0.590. The maximum Gasteiger partial charge on any atom is 0.335 e. The molecule has 0 aromatic heterocycles. The maximum atomic E-state index is 12.9. The number of hydrogen-bond acceptors (Lipinski definition) is 5. The molecule has 1 amide bonds. The third kappa shape index (κ3) is 4.53. The van der Waals surface area contributed by atoms with E-state index < -0.39 is 10.9 Å². The van der Waals surface area contributed by atoms with E-state index in [1.54, 1.807) is 17.0 Å². The number of amides is 1. The van der Waals surface area contributed by atoms with Crippen LogP contribution in [0.2, 0.25) is 0 Å². The van der Waals surface area contributed by atoms with Crippen molar-refractivity contribution in [2.75, 3.05) is 20.2 Å². The van der Waals surface area contributed by atoms with E-state index in [9.17, 15) is 24.8 Å². The predicted molar refractivity (Wildman–Crippen MR) is 105 cm³/mol. The first kappa shape index (κ1) is 20.3. The summed E-state index contributed by atoms with van der Waals surface area (Å²) in [6, 6.07) is 11.0. The number of aromatic carboxylic acids is 1. The number of non-ortho nitro benzene ring substituents is 1.